The van der Waals surface area contributed by atoms with Crippen molar-refractivity contribution in [2.24, 2.45) is 0 Å². The third kappa shape index (κ3) is 3.32. The molecule has 23 heavy (non-hydrogen) atoms. The fourth-order valence-corrected chi connectivity index (χ4v) is 2.89. The van der Waals surface area contributed by atoms with Gasteiger partial charge >= 0.3 is 5.69 Å². The molecule has 8 nitrogen and oxygen atoms in total. The average molecular weight is 393 g/mol. The zero-order valence-electron chi connectivity index (χ0n) is 11.5. The molecule has 116 valence electrons. The monoisotopic (exact) mass is 392 g/mol. The van der Waals surface area contributed by atoms with Crippen molar-refractivity contribution in [1.29, 1.82) is 0 Å². The molecule has 10 heteroatoms. The number of nitrogens with one attached hydrogen (secondary N) is 1. The van der Waals surface area contributed by atoms with Crippen LogP contribution in [0.1, 0.15) is 16.2 Å². The number of rotatable bonds is 4. The van der Waals surface area contributed by atoms with Crippen molar-refractivity contribution in [3.63, 3.8) is 0 Å². The van der Waals surface area contributed by atoms with Crippen molar-refractivity contribution in [3.05, 3.63) is 50.4 Å². The summed E-state index contributed by atoms with van der Waals surface area (Å²) in [6.45, 7) is 0. The molecule has 0 fully saturated rings. The van der Waals surface area contributed by atoms with Crippen LogP contribution in [0.15, 0.2) is 33.4 Å². The molecule has 0 unspecified atom stereocenters. The van der Waals surface area contributed by atoms with E-state index in [0.717, 1.165) is 0 Å². The highest BCUT2D eigenvalue weighted by Gasteiger charge is 2.18. The maximum absolute atomic E-state index is 12.5. The van der Waals surface area contributed by atoms with Gasteiger partial charge in [-0.25, -0.2) is 24.7 Å². The summed E-state index contributed by atoms with van der Waals surface area (Å²) in [6.07, 6.45) is 4.34. The van der Waals surface area contributed by atoms with E-state index in [1.807, 2.05) is 0 Å². The third-order valence-electron chi connectivity index (χ3n) is 2.93. The zero-order chi connectivity index (χ0) is 16.4. The van der Waals surface area contributed by atoms with E-state index in [2.05, 4.69) is 40.8 Å². The van der Waals surface area contributed by atoms with E-state index in [1.54, 1.807) is 11.6 Å². The number of nitrogens with zero attached hydrogens (tertiary/aromatic N) is 4. The number of H-pyrrole nitrogens is 1. The predicted molar refractivity (Wildman–Crippen MR) is 88.1 cm³/mol. The molecule has 3 aromatic rings. The largest absolute Gasteiger partial charge is 0.382 e. The van der Waals surface area contributed by atoms with Crippen LogP contribution in [-0.4, -0.2) is 30.7 Å². The third-order valence-corrected chi connectivity index (χ3v) is 4.12. The van der Waals surface area contributed by atoms with E-state index < -0.39 is 5.69 Å². The second-order valence-corrected chi connectivity index (χ2v) is 6.15. The van der Waals surface area contributed by atoms with Crippen LogP contribution in [0.3, 0.4) is 0 Å². The molecular formula is C13H9BrN6O2S. The molecule has 0 aliphatic heterocycles. The van der Waals surface area contributed by atoms with Crippen molar-refractivity contribution in [2.45, 2.75) is 6.42 Å². The Morgan fingerprint density at radius 1 is 1.30 bits per heavy atom. The molecule has 3 heterocycles. The highest BCUT2D eigenvalue weighted by Crippen LogP contribution is 2.24. The van der Waals surface area contributed by atoms with Crippen molar-refractivity contribution < 1.29 is 4.79 Å². The number of aromatic nitrogens is 5. The van der Waals surface area contributed by atoms with Gasteiger partial charge in [0, 0.05) is 29.0 Å². The number of thiazole rings is 1. The molecule has 0 bridgehead atoms. The van der Waals surface area contributed by atoms with Crippen LogP contribution in [0.4, 0.5) is 5.82 Å². The second kappa shape index (κ2) is 6.34. The number of carbonyl (C=O) groups excluding carboxylic acids is 1. The number of nitrogens with two attached hydrogens (primary N) is 1. The van der Waals surface area contributed by atoms with E-state index in [-0.39, 0.29) is 23.7 Å². The first kappa shape index (κ1) is 15.4. The average Bonchev–Trinajstić information content (AvgIpc) is 3.04. The van der Waals surface area contributed by atoms with Gasteiger partial charge in [-0.05, 0) is 15.9 Å². The van der Waals surface area contributed by atoms with Crippen LogP contribution in [0.5, 0.6) is 0 Å². The number of ketones is 1. The maximum Gasteiger partial charge on any atom is 0.345 e. The maximum atomic E-state index is 12.5. The van der Waals surface area contributed by atoms with Crippen molar-refractivity contribution >= 4 is 38.9 Å². The predicted octanol–water partition coefficient (Wildman–Crippen LogP) is 1.45. The molecule has 0 saturated heterocycles. The molecule has 0 saturated carbocycles. The summed E-state index contributed by atoms with van der Waals surface area (Å²) in [7, 11) is 0. The minimum atomic E-state index is -0.540. The van der Waals surface area contributed by atoms with Gasteiger partial charge in [0.25, 0.3) is 0 Å². The Hall–Kier alpha value is -2.46. The summed E-state index contributed by atoms with van der Waals surface area (Å²) in [5.41, 5.74) is 6.20. The number of Topliss-reactive ketones (excluding diaryl/α,β-unsaturated/α-hetero) is 1. The van der Waals surface area contributed by atoms with Gasteiger partial charge in [-0.3, -0.25) is 4.79 Å². The highest BCUT2D eigenvalue weighted by atomic mass is 79.9. The Morgan fingerprint density at radius 3 is 2.87 bits per heavy atom. The van der Waals surface area contributed by atoms with Crippen LogP contribution in [0.2, 0.25) is 0 Å². The molecule has 3 aromatic heterocycles. The Morgan fingerprint density at radius 2 is 2.13 bits per heavy atom. The van der Waals surface area contributed by atoms with Crippen molar-refractivity contribution in [2.75, 3.05) is 5.73 Å². The van der Waals surface area contributed by atoms with Crippen LogP contribution in [0.25, 0.3) is 10.6 Å². The first-order chi connectivity index (χ1) is 11.0. The van der Waals surface area contributed by atoms with Crippen LogP contribution in [-0.2, 0) is 6.42 Å². The van der Waals surface area contributed by atoms with Gasteiger partial charge in [0.2, 0.25) is 0 Å². The smallest absolute Gasteiger partial charge is 0.345 e. The highest BCUT2D eigenvalue weighted by molar-refractivity contribution is 9.10. The normalized spacial score (nSPS) is 10.7. The lowest BCUT2D eigenvalue weighted by atomic mass is 10.1. The van der Waals surface area contributed by atoms with Crippen LogP contribution in [0, 0.1) is 0 Å². The van der Waals surface area contributed by atoms with E-state index in [1.165, 1.54) is 23.7 Å². The van der Waals surface area contributed by atoms with Gasteiger partial charge in [-0.2, -0.15) is 0 Å². The molecule has 0 spiro atoms. The van der Waals surface area contributed by atoms with E-state index in [0.29, 0.717) is 20.9 Å². The number of anilines is 1. The summed E-state index contributed by atoms with van der Waals surface area (Å²) in [5, 5.41) is 2.45. The summed E-state index contributed by atoms with van der Waals surface area (Å²) >= 11 is 4.53. The summed E-state index contributed by atoms with van der Waals surface area (Å²) in [5.74, 6) is -0.332. The number of carbonyl (C=O) groups is 1. The summed E-state index contributed by atoms with van der Waals surface area (Å²) in [4.78, 5) is 42.3. The zero-order valence-corrected chi connectivity index (χ0v) is 13.9. The SMILES string of the molecule is Nc1ncc(Br)nc1C(=O)Cc1[nH]c(=O)ncc1-c1nccs1. The fourth-order valence-electron chi connectivity index (χ4n) is 1.94. The molecule has 0 aliphatic rings. The number of nitrogen functional groups attached to an aromatic ring is 1. The first-order valence-electron chi connectivity index (χ1n) is 6.34. The molecule has 0 radical (unpaired) electrons. The van der Waals surface area contributed by atoms with Gasteiger partial charge in [0.1, 0.15) is 15.3 Å². The standard InChI is InChI=1S/C13H9BrN6O2S/c14-9-5-17-11(15)10(20-9)8(21)3-7-6(4-18-13(22)19-7)12-16-1-2-23-12/h1-2,4-5H,3H2,(H2,15,17)(H,18,19,22). The van der Waals surface area contributed by atoms with Gasteiger partial charge < -0.3 is 10.7 Å². The fraction of sp³-hybridized carbons (Fsp3) is 0.0769. The Kier molecular flexibility index (Phi) is 4.26. The van der Waals surface area contributed by atoms with Gasteiger partial charge in [0.05, 0.1) is 12.6 Å². The number of hydrogen-bond acceptors (Lipinski definition) is 8. The number of hydrogen-bond donors (Lipinski definition) is 2. The Balaban J connectivity index is 2.00. The molecule has 3 rings (SSSR count). The molecule has 0 amide bonds. The van der Waals surface area contributed by atoms with E-state index in [9.17, 15) is 9.59 Å². The Bertz CT molecular complexity index is 924. The molecule has 0 aromatic carbocycles. The van der Waals surface area contributed by atoms with E-state index >= 15 is 0 Å². The first-order valence-corrected chi connectivity index (χ1v) is 8.01. The second-order valence-electron chi connectivity index (χ2n) is 4.44. The Labute approximate surface area is 142 Å². The quantitative estimate of drug-likeness (QED) is 0.642. The lowest BCUT2D eigenvalue weighted by molar-refractivity contribution is 0.0987. The number of halogens is 1. The van der Waals surface area contributed by atoms with Crippen molar-refractivity contribution in [1.82, 2.24) is 24.9 Å². The van der Waals surface area contributed by atoms with Crippen LogP contribution < -0.4 is 11.4 Å². The molecule has 0 atom stereocenters. The minimum absolute atomic E-state index is 0.0328. The van der Waals surface area contributed by atoms with Gasteiger partial charge in [-0.1, -0.05) is 0 Å². The lowest BCUT2D eigenvalue weighted by Gasteiger charge is -2.07. The minimum Gasteiger partial charge on any atom is -0.382 e. The van der Waals surface area contributed by atoms with E-state index in [4.69, 9.17) is 5.73 Å². The van der Waals surface area contributed by atoms with Gasteiger partial charge in [0.15, 0.2) is 11.6 Å². The molecule has 3 N–H and O–H groups in total. The summed E-state index contributed by atoms with van der Waals surface area (Å²) < 4.78 is 0.401. The summed E-state index contributed by atoms with van der Waals surface area (Å²) in [6, 6.07) is 0. The number of aromatic amines is 1. The van der Waals surface area contributed by atoms with Gasteiger partial charge in [-0.15, -0.1) is 11.3 Å². The van der Waals surface area contributed by atoms with Crippen LogP contribution >= 0.6 is 27.3 Å². The lowest BCUT2D eigenvalue weighted by Crippen LogP contribution is -2.18. The molecule has 0 aliphatic carbocycles. The molecular weight excluding hydrogens is 384 g/mol. The van der Waals surface area contributed by atoms with Crippen molar-refractivity contribution in [3.8, 4) is 10.6 Å². The topological polar surface area (TPSA) is 128 Å².